The van der Waals surface area contributed by atoms with Crippen LogP contribution >= 0.6 is 11.3 Å². The fourth-order valence-corrected chi connectivity index (χ4v) is 3.84. The summed E-state index contributed by atoms with van der Waals surface area (Å²) in [5, 5.41) is 14.3. The molecule has 1 aliphatic heterocycles. The number of carbonyl (C=O) groups is 1. The van der Waals surface area contributed by atoms with Gasteiger partial charge in [0.25, 0.3) is 0 Å². The third kappa shape index (κ3) is 3.88. The first kappa shape index (κ1) is 16.8. The number of rotatable bonds is 4. The number of thiazole rings is 1. The van der Waals surface area contributed by atoms with Crippen LogP contribution in [0, 0.1) is 13.8 Å². The van der Waals surface area contributed by atoms with E-state index >= 15 is 0 Å². The summed E-state index contributed by atoms with van der Waals surface area (Å²) in [4.78, 5) is 27.9. The number of carbonyl (C=O) groups excluding carboxylic acids is 1. The van der Waals surface area contributed by atoms with Crippen molar-refractivity contribution in [2.45, 2.75) is 38.8 Å². The zero-order valence-corrected chi connectivity index (χ0v) is 14.6. The van der Waals surface area contributed by atoms with E-state index in [1.807, 2.05) is 18.7 Å². The molecule has 3 heterocycles. The molecule has 8 heteroatoms. The van der Waals surface area contributed by atoms with Gasteiger partial charge in [0, 0.05) is 30.4 Å². The number of nitrogens with zero attached hydrogens (tertiary/aromatic N) is 4. The van der Waals surface area contributed by atoms with E-state index in [4.69, 9.17) is 0 Å². The lowest BCUT2D eigenvalue weighted by Gasteiger charge is -2.36. The van der Waals surface area contributed by atoms with Crippen LogP contribution in [-0.2, 0) is 11.2 Å². The summed E-state index contributed by atoms with van der Waals surface area (Å²) in [7, 11) is 0. The van der Waals surface area contributed by atoms with Gasteiger partial charge in [-0.25, -0.2) is 9.97 Å². The maximum Gasteiger partial charge on any atom is 0.225 e. The van der Waals surface area contributed by atoms with Crippen LogP contribution in [0.3, 0.4) is 0 Å². The van der Waals surface area contributed by atoms with Crippen LogP contribution in [0.25, 0.3) is 0 Å². The number of hydrogen-bond donors (Lipinski definition) is 2. The number of aryl methyl sites for hydroxylation is 2. The molecule has 7 nitrogen and oxygen atoms in total. The van der Waals surface area contributed by atoms with E-state index in [-0.39, 0.29) is 11.9 Å². The number of piperidine rings is 1. The molecule has 2 atom stereocenters. The Morgan fingerprint density at radius 1 is 1.46 bits per heavy atom. The van der Waals surface area contributed by atoms with Crippen molar-refractivity contribution >= 4 is 23.1 Å². The summed E-state index contributed by atoms with van der Waals surface area (Å²) >= 11 is 1.55. The highest BCUT2D eigenvalue weighted by atomic mass is 32.1. The quantitative estimate of drug-likeness (QED) is 0.852. The summed E-state index contributed by atoms with van der Waals surface area (Å²) < 4.78 is 0. The Morgan fingerprint density at radius 3 is 2.92 bits per heavy atom. The second-order valence-electron chi connectivity index (χ2n) is 5.96. The van der Waals surface area contributed by atoms with Crippen molar-refractivity contribution in [3.05, 3.63) is 34.2 Å². The van der Waals surface area contributed by atoms with E-state index in [9.17, 15) is 9.90 Å². The van der Waals surface area contributed by atoms with E-state index in [0.717, 1.165) is 27.9 Å². The van der Waals surface area contributed by atoms with Gasteiger partial charge in [-0.1, -0.05) is 0 Å². The summed E-state index contributed by atoms with van der Waals surface area (Å²) in [6.45, 7) is 5.01. The van der Waals surface area contributed by atoms with Gasteiger partial charge in [0.05, 0.1) is 35.5 Å². The monoisotopic (exact) mass is 347 g/mol. The van der Waals surface area contributed by atoms with Gasteiger partial charge in [0.15, 0.2) is 0 Å². The lowest BCUT2D eigenvalue weighted by molar-refractivity contribution is -0.122. The van der Waals surface area contributed by atoms with Crippen molar-refractivity contribution in [1.29, 1.82) is 0 Å². The molecule has 3 rings (SSSR count). The predicted octanol–water partition coefficient (Wildman–Crippen LogP) is 0.848. The van der Waals surface area contributed by atoms with Crippen molar-refractivity contribution < 1.29 is 9.90 Å². The number of β-amino-alcohol motifs (C(OH)–C–C–N with tert-alkyl or cyclic N) is 1. The smallest absolute Gasteiger partial charge is 0.225 e. The van der Waals surface area contributed by atoms with Gasteiger partial charge in [-0.15, -0.1) is 11.3 Å². The first-order valence-corrected chi connectivity index (χ1v) is 8.76. The Bertz CT molecular complexity index is 706. The number of aliphatic hydroxyl groups is 1. The van der Waals surface area contributed by atoms with Gasteiger partial charge < -0.3 is 15.3 Å². The summed E-state index contributed by atoms with van der Waals surface area (Å²) in [6.07, 6.45) is 5.29. The highest BCUT2D eigenvalue weighted by molar-refractivity contribution is 7.11. The van der Waals surface area contributed by atoms with Crippen LogP contribution < -0.4 is 10.2 Å². The lowest BCUT2D eigenvalue weighted by Crippen LogP contribution is -2.54. The van der Waals surface area contributed by atoms with Crippen molar-refractivity contribution in [1.82, 2.24) is 20.3 Å². The van der Waals surface area contributed by atoms with E-state index in [1.165, 1.54) is 0 Å². The normalized spacial score (nSPS) is 20.9. The van der Waals surface area contributed by atoms with E-state index in [2.05, 4.69) is 20.3 Å². The van der Waals surface area contributed by atoms with Crippen LogP contribution in [0.4, 0.5) is 5.82 Å². The Hall–Kier alpha value is -2.06. The zero-order chi connectivity index (χ0) is 17.1. The lowest BCUT2D eigenvalue weighted by atomic mass is 10.0. The van der Waals surface area contributed by atoms with Gasteiger partial charge >= 0.3 is 0 Å². The number of amides is 1. The Kier molecular flexibility index (Phi) is 5.06. The van der Waals surface area contributed by atoms with E-state index < -0.39 is 6.10 Å². The molecule has 0 aromatic carbocycles. The van der Waals surface area contributed by atoms with Crippen LogP contribution in [0.1, 0.15) is 22.0 Å². The van der Waals surface area contributed by atoms with Crippen LogP contribution in [0.2, 0.25) is 0 Å². The Labute approximate surface area is 144 Å². The fraction of sp³-hybridized carbons (Fsp3) is 0.500. The molecule has 1 amide bonds. The average Bonchev–Trinajstić information content (AvgIpc) is 2.87. The Morgan fingerprint density at radius 2 is 2.29 bits per heavy atom. The number of aromatic nitrogens is 3. The molecule has 0 aliphatic carbocycles. The molecule has 24 heavy (non-hydrogen) atoms. The van der Waals surface area contributed by atoms with Crippen molar-refractivity contribution in [2.24, 2.45) is 0 Å². The molecule has 1 fully saturated rings. The van der Waals surface area contributed by atoms with Gasteiger partial charge in [0.2, 0.25) is 5.91 Å². The number of nitrogens with one attached hydrogen (secondary N) is 1. The molecule has 0 saturated carbocycles. The summed E-state index contributed by atoms with van der Waals surface area (Å²) in [5.41, 5.74) is 0.908. The average molecular weight is 347 g/mol. The third-order valence-electron chi connectivity index (χ3n) is 4.12. The SMILES string of the molecule is Cc1nc(C)c(CC(=O)N[C@@H]2CCN(c3cnccn3)C[C@H]2O)s1. The third-order valence-corrected chi connectivity index (χ3v) is 5.20. The first-order chi connectivity index (χ1) is 11.5. The second kappa shape index (κ2) is 7.23. The zero-order valence-electron chi connectivity index (χ0n) is 13.8. The topological polar surface area (TPSA) is 91.2 Å². The van der Waals surface area contributed by atoms with Gasteiger partial charge in [-0.05, 0) is 20.3 Å². The summed E-state index contributed by atoms with van der Waals surface area (Å²) in [6, 6.07) is -0.236. The maximum absolute atomic E-state index is 12.3. The molecule has 0 spiro atoms. The van der Waals surface area contributed by atoms with Crippen LogP contribution in [-0.4, -0.2) is 51.2 Å². The molecule has 128 valence electrons. The molecule has 0 radical (unpaired) electrons. The highest BCUT2D eigenvalue weighted by Crippen LogP contribution is 2.19. The molecule has 1 aliphatic rings. The van der Waals surface area contributed by atoms with E-state index in [0.29, 0.717) is 19.4 Å². The van der Waals surface area contributed by atoms with Crippen molar-refractivity contribution in [2.75, 3.05) is 18.0 Å². The first-order valence-electron chi connectivity index (χ1n) is 7.94. The summed E-state index contributed by atoms with van der Waals surface area (Å²) in [5.74, 6) is 0.677. The van der Waals surface area contributed by atoms with Gasteiger partial charge in [0.1, 0.15) is 5.82 Å². The molecule has 2 N–H and O–H groups in total. The predicted molar refractivity (Wildman–Crippen MR) is 92.1 cm³/mol. The molecule has 1 saturated heterocycles. The van der Waals surface area contributed by atoms with Gasteiger partial charge in [-0.3, -0.25) is 9.78 Å². The fourth-order valence-electron chi connectivity index (χ4n) is 2.90. The minimum Gasteiger partial charge on any atom is -0.389 e. The highest BCUT2D eigenvalue weighted by Gasteiger charge is 2.29. The number of aliphatic hydroxyl groups excluding tert-OH is 1. The largest absolute Gasteiger partial charge is 0.389 e. The Balaban J connectivity index is 1.55. The second-order valence-corrected chi connectivity index (χ2v) is 7.25. The van der Waals surface area contributed by atoms with Crippen molar-refractivity contribution in [3.8, 4) is 0 Å². The maximum atomic E-state index is 12.3. The van der Waals surface area contributed by atoms with Crippen molar-refractivity contribution in [3.63, 3.8) is 0 Å². The molecule has 2 aromatic heterocycles. The van der Waals surface area contributed by atoms with E-state index in [1.54, 1.807) is 29.9 Å². The molecule has 2 aromatic rings. The molecule has 0 bridgehead atoms. The van der Waals surface area contributed by atoms with Crippen LogP contribution in [0.5, 0.6) is 0 Å². The molecular formula is C16H21N5O2S. The minimum absolute atomic E-state index is 0.0706. The molecular weight excluding hydrogens is 326 g/mol. The number of anilines is 1. The molecule has 0 unspecified atom stereocenters. The number of hydrogen-bond acceptors (Lipinski definition) is 7. The van der Waals surface area contributed by atoms with Crippen LogP contribution in [0.15, 0.2) is 18.6 Å². The van der Waals surface area contributed by atoms with Gasteiger partial charge in [-0.2, -0.15) is 0 Å². The minimum atomic E-state index is -0.631. The standard InChI is InChI=1S/C16H21N5O2S/c1-10-14(24-11(2)19-10)7-16(23)20-12-3-6-21(9-13(12)22)15-8-17-4-5-18-15/h4-5,8,12-13,22H,3,6-7,9H2,1-2H3,(H,20,23)/t12-,13-/m1/s1.